The summed E-state index contributed by atoms with van der Waals surface area (Å²) < 4.78 is 28.4. The molecule has 2 aromatic rings. The molecule has 0 amide bonds. The van der Waals surface area contributed by atoms with E-state index >= 15 is 0 Å². The second-order valence-electron chi connectivity index (χ2n) is 4.90. The molecule has 1 atom stereocenters. The highest BCUT2D eigenvalue weighted by Gasteiger charge is 2.17. The van der Waals surface area contributed by atoms with Gasteiger partial charge in [0.25, 0.3) is 0 Å². The Labute approximate surface area is 137 Å². The average molecular weight is 345 g/mol. The van der Waals surface area contributed by atoms with E-state index in [1.807, 2.05) is 37.3 Å². The molecule has 0 fully saturated rings. The zero-order valence-corrected chi connectivity index (χ0v) is 14.2. The maximum Gasteiger partial charge on any atom is 0.243 e. The Balaban J connectivity index is 0.00000242. The van der Waals surface area contributed by atoms with Crippen LogP contribution in [-0.4, -0.2) is 37.8 Å². The van der Waals surface area contributed by atoms with Gasteiger partial charge in [0.15, 0.2) is 0 Å². The molecule has 8 heteroatoms. The zero-order valence-electron chi connectivity index (χ0n) is 12.6. The number of hydrogen-bond donors (Lipinski definition) is 2. The van der Waals surface area contributed by atoms with Gasteiger partial charge in [0, 0.05) is 18.8 Å². The first kappa shape index (κ1) is 18.6. The molecule has 6 nitrogen and oxygen atoms in total. The lowest BCUT2D eigenvalue weighted by atomic mass is 10.2. The molecule has 1 heterocycles. The van der Waals surface area contributed by atoms with E-state index in [9.17, 15) is 8.42 Å². The van der Waals surface area contributed by atoms with Crippen LogP contribution in [0.5, 0.6) is 0 Å². The van der Waals surface area contributed by atoms with Crippen molar-refractivity contribution in [3.8, 4) is 0 Å². The minimum Gasteiger partial charge on any atom is -0.316 e. The van der Waals surface area contributed by atoms with E-state index in [1.54, 1.807) is 17.9 Å². The number of halogens is 1. The van der Waals surface area contributed by atoms with Gasteiger partial charge in [-0.1, -0.05) is 30.3 Å². The monoisotopic (exact) mass is 344 g/mol. The maximum absolute atomic E-state index is 12.1. The summed E-state index contributed by atoms with van der Waals surface area (Å²) in [6.45, 7) is 2.79. The molecule has 2 N–H and O–H groups in total. The van der Waals surface area contributed by atoms with Gasteiger partial charge in [0.2, 0.25) is 10.0 Å². The van der Waals surface area contributed by atoms with Gasteiger partial charge in [0.1, 0.15) is 4.90 Å². The van der Waals surface area contributed by atoms with Crippen molar-refractivity contribution in [1.29, 1.82) is 0 Å². The first-order chi connectivity index (χ1) is 10.0. The predicted octanol–water partition coefficient (Wildman–Crippen LogP) is 1.24. The van der Waals surface area contributed by atoms with Crippen molar-refractivity contribution in [2.45, 2.75) is 24.4 Å². The van der Waals surface area contributed by atoms with E-state index < -0.39 is 10.0 Å². The number of rotatable bonds is 7. The van der Waals surface area contributed by atoms with Crippen LogP contribution in [-0.2, 0) is 16.6 Å². The Hall–Kier alpha value is -1.41. The lowest BCUT2D eigenvalue weighted by molar-refractivity contribution is 0.554. The van der Waals surface area contributed by atoms with Crippen molar-refractivity contribution in [3.63, 3.8) is 0 Å². The van der Waals surface area contributed by atoms with Crippen LogP contribution in [0.3, 0.4) is 0 Å². The molecule has 0 aliphatic rings. The Morgan fingerprint density at radius 2 is 1.95 bits per heavy atom. The highest BCUT2D eigenvalue weighted by molar-refractivity contribution is 7.89. The summed E-state index contributed by atoms with van der Waals surface area (Å²) >= 11 is 0. The van der Waals surface area contributed by atoms with Gasteiger partial charge in [0.05, 0.1) is 12.7 Å². The van der Waals surface area contributed by atoms with Gasteiger partial charge >= 0.3 is 0 Å². The second kappa shape index (κ2) is 8.28. The van der Waals surface area contributed by atoms with Crippen molar-refractivity contribution in [3.05, 3.63) is 48.3 Å². The molecular formula is C14H21ClN4O2S. The van der Waals surface area contributed by atoms with E-state index in [-0.39, 0.29) is 23.3 Å². The van der Waals surface area contributed by atoms with E-state index in [1.165, 1.54) is 6.20 Å². The summed E-state index contributed by atoms with van der Waals surface area (Å²) in [4.78, 5) is 0.182. The predicted molar refractivity (Wildman–Crippen MR) is 88.7 cm³/mol. The minimum absolute atomic E-state index is 0. The molecule has 1 unspecified atom stereocenters. The molecule has 0 aliphatic heterocycles. The molecule has 2 rings (SSSR count). The fraction of sp³-hybridized carbons (Fsp3) is 0.357. The molecule has 0 aliphatic carbocycles. The van der Waals surface area contributed by atoms with Crippen LogP contribution in [0.25, 0.3) is 0 Å². The lowest BCUT2D eigenvalue weighted by Crippen LogP contribution is -2.37. The van der Waals surface area contributed by atoms with Gasteiger partial charge in [-0.2, -0.15) is 5.10 Å². The summed E-state index contributed by atoms with van der Waals surface area (Å²) in [6.07, 6.45) is 2.91. The highest BCUT2D eigenvalue weighted by Crippen LogP contribution is 2.09. The van der Waals surface area contributed by atoms with Crippen molar-refractivity contribution in [2.24, 2.45) is 0 Å². The summed E-state index contributed by atoms with van der Waals surface area (Å²) in [5.74, 6) is 0. The molecule has 0 spiro atoms. The molecule has 22 heavy (non-hydrogen) atoms. The Morgan fingerprint density at radius 3 is 2.59 bits per heavy atom. The number of hydrogen-bond acceptors (Lipinski definition) is 4. The topological polar surface area (TPSA) is 76.0 Å². The van der Waals surface area contributed by atoms with Gasteiger partial charge in [-0.15, -0.1) is 12.4 Å². The van der Waals surface area contributed by atoms with Crippen LogP contribution < -0.4 is 10.0 Å². The van der Waals surface area contributed by atoms with Crippen molar-refractivity contribution in [1.82, 2.24) is 19.8 Å². The molecule has 0 saturated heterocycles. The van der Waals surface area contributed by atoms with Crippen LogP contribution in [0, 0.1) is 0 Å². The molecule has 0 saturated carbocycles. The van der Waals surface area contributed by atoms with Gasteiger partial charge in [-0.3, -0.25) is 4.68 Å². The second-order valence-corrected chi connectivity index (χ2v) is 6.67. The SMILES string of the molecule is CNC(C)CNS(=O)(=O)c1cnn(Cc2ccccc2)c1.Cl. The van der Waals surface area contributed by atoms with Crippen LogP contribution in [0.1, 0.15) is 12.5 Å². The first-order valence-electron chi connectivity index (χ1n) is 6.74. The minimum atomic E-state index is -3.51. The van der Waals surface area contributed by atoms with E-state index in [4.69, 9.17) is 0 Å². The van der Waals surface area contributed by atoms with E-state index in [0.29, 0.717) is 13.1 Å². The van der Waals surface area contributed by atoms with Crippen LogP contribution >= 0.6 is 12.4 Å². The third kappa shape index (κ3) is 5.10. The third-order valence-corrected chi connectivity index (χ3v) is 4.56. The van der Waals surface area contributed by atoms with E-state index in [2.05, 4.69) is 15.1 Å². The number of benzene rings is 1. The lowest BCUT2D eigenvalue weighted by Gasteiger charge is -2.10. The zero-order chi connectivity index (χ0) is 15.3. The smallest absolute Gasteiger partial charge is 0.243 e. The summed E-state index contributed by atoms with van der Waals surface area (Å²) in [5.41, 5.74) is 1.07. The number of sulfonamides is 1. The van der Waals surface area contributed by atoms with Crippen molar-refractivity contribution < 1.29 is 8.42 Å². The van der Waals surface area contributed by atoms with Crippen molar-refractivity contribution in [2.75, 3.05) is 13.6 Å². The molecule has 122 valence electrons. The maximum atomic E-state index is 12.1. The van der Waals surface area contributed by atoms with Gasteiger partial charge in [-0.25, -0.2) is 13.1 Å². The van der Waals surface area contributed by atoms with Gasteiger partial charge < -0.3 is 5.32 Å². The van der Waals surface area contributed by atoms with Crippen molar-refractivity contribution >= 4 is 22.4 Å². The summed E-state index contributed by atoms with van der Waals surface area (Å²) in [7, 11) is -1.72. The average Bonchev–Trinajstić information content (AvgIpc) is 2.95. The van der Waals surface area contributed by atoms with Crippen LogP contribution in [0.4, 0.5) is 0 Å². The summed E-state index contributed by atoms with van der Waals surface area (Å²) in [5, 5.41) is 7.09. The van der Waals surface area contributed by atoms with Crippen LogP contribution in [0.15, 0.2) is 47.6 Å². The Kier molecular flexibility index (Phi) is 7.02. The Bertz CT molecular complexity index is 673. The highest BCUT2D eigenvalue weighted by atomic mass is 35.5. The fourth-order valence-electron chi connectivity index (χ4n) is 1.76. The van der Waals surface area contributed by atoms with E-state index in [0.717, 1.165) is 5.56 Å². The summed E-state index contributed by atoms with van der Waals surface area (Å²) in [6, 6.07) is 9.84. The number of nitrogens with one attached hydrogen (secondary N) is 2. The number of nitrogens with zero attached hydrogens (tertiary/aromatic N) is 2. The first-order valence-corrected chi connectivity index (χ1v) is 8.23. The number of likely N-dealkylation sites (N-methyl/N-ethyl adjacent to an activating group) is 1. The number of aromatic nitrogens is 2. The normalized spacial score (nSPS) is 12.6. The van der Waals surface area contributed by atoms with Gasteiger partial charge in [-0.05, 0) is 19.5 Å². The van der Waals surface area contributed by atoms with Crippen LogP contribution in [0.2, 0.25) is 0 Å². The largest absolute Gasteiger partial charge is 0.316 e. The molecular weight excluding hydrogens is 324 g/mol. The fourth-order valence-corrected chi connectivity index (χ4v) is 2.84. The third-order valence-electron chi connectivity index (χ3n) is 3.18. The molecule has 1 aromatic carbocycles. The molecule has 0 radical (unpaired) electrons. The quantitative estimate of drug-likeness (QED) is 0.792. The molecule has 0 bridgehead atoms. The Morgan fingerprint density at radius 1 is 1.27 bits per heavy atom. The molecule has 1 aromatic heterocycles. The standard InChI is InChI=1S/C14H20N4O2S.ClH/c1-12(15-2)8-17-21(19,20)14-9-16-18(11-14)10-13-6-4-3-5-7-13;/h3-7,9,11-12,15,17H,8,10H2,1-2H3;1H.